The molecule has 1 saturated carbocycles. The first kappa shape index (κ1) is 20.6. The molecule has 3 rings (SSSR count). The van der Waals surface area contributed by atoms with Crippen LogP contribution in [0.3, 0.4) is 0 Å². The molecule has 29 heavy (non-hydrogen) atoms. The van der Waals surface area contributed by atoms with Gasteiger partial charge in [0.15, 0.2) is 0 Å². The number of carboxylic acid groups (broad SMARTS) is 1. The molecule has 0 radical (unpaired) electrons. The fraction of sp³-hybridized carbons (Fsp3) is 0.333. The lowest BCUT2D eigenvalue weighted by molar-refractivity contribution is -0.145. The number of rotatable bonds is 7. The van der Waals surface area contributed by atoms with Gasteiger partial charge in [-0.25, -0.2) is 0 Å². The molecule has 2 aromatic rings. The zero-order valence-corrected chi connectivity index (χ0v) is 16.6. The van der Waals surface area contributed by atoms with Crippen LogP contribution >= 0.6 is 0 Å². The summed E-state index contributed by atoms with van der Waals surface area (Å²) in [5.41, 5.74) is 2.26. The Hall–Kier alpha value is -3.08. The number of amides is 1. The lowest BCUT2D eigenvalue weighted by Gasteiger charge is -2.28. The first-order valence-electron chi connectivity index (χ1n) is 10.0. The molecule has 0 saturated heterocycles. The third-order valence-electron chi connectivity index (χ3n) is 5.51. The van der Waals surface area contributed by atoms with Gasteiger partial charge in [0.25, 0.3) is 5.91 Å². The molecule has 1 fully saturated rings. The predicted molar refractivity (Wildman–Crippen MR) is 113 cm³/mol. The number of carbonyl (C=O) groups excluding carboxylic acids is 1. The highest BCUT2D eigenvalue weighted by Gasteiger charge is 2.31. The van der Waals surface area contributed by atoms with Crippen LogP contribution in [0.1, 0.15) is 36.8 Å². The Labute approximate surface area is 171 Å². The maximum Gasteiger partial charge on any atom is 0.306 e. The van der Waals surface area contributed by atoms with Gasteiger partial charge in [-0.1, -0.05) is 55.3 Å². The van der Waals surface area contributed by atoms with Gasteiger partial charge in [-0.2, -0.15) is 0 Å². The summed E-state index contributed by atoms with van der Waals surface area (Å²) in [4.78, 5) is 24.6. The van der Waals surface area contributed by atoms with Crippen LogP contribution in [-0.2, 0) is 9.59 Å². The van der Waals surface area contributed by atoms with Gasteiger partial charge in [-0.15, -0.1) is 0 Å². The summed E-state index contributed by atoms with van der Waals surface area (Å²) < 4.78 is 5.19. The lowest BCUT2D eigenvalue weighted by atomic mass is 9.79. The van der Waals surface area contributed by atoms with Gasteiger partial charge in [0.2, 0.25) is 0 Å². The van der Waals surface area contributed by atoms with E-state index in [9.17, 15) is 14.7 Å². The third kappa shape index (κ3) is 5.47. The van der Waals surface area contributed by atoms with E-state index < -0.39 is 5.97 Å². The van der Waals surface area contributed by atoms with Crippen LogP contribution < -0.4 is 10.1 Å². The lowest BCUT2D eigenvalue weighted by Crippen LogP contribution is -2.37. The number of benzene rings is 2. The molecule has 152 valence electrons. The van der Waals surface area contributed by atoms with Gasteiger partial charge < -0.3 is 15.2 Å². The van der Waals surface area contributed by atoms with E-state index in [1.54, 1.807) is 7.11 Å². The summed E-state index contributed by atoms with van der Waals surface area (Å²) in [5, 5.41) is 12.4. The van der Waals surface area contributed by atoms with Gasteiger partial charge in [0, 0.05) is 12.1 Å². The molecular weight excluding hydrogens is 366 g/mol. The molecule has 1 aliphatic carbocycles. The number of methoxy groups -OCH3 is 1. The quantitative estimate of drug-likeness (QED) is 0.545. The van der Waals surface area contributed by atoms with Crippen LogP contribution in [0.5, 0.6) is 5.75 Å². The van der Waals surface area contributed by atoms with E-state index in [1.165, 1.54) is 0 Å². The van der Waals surface area contributed by atoms with Crippen LogP contribution in [0.2, 0.25) is 0 Å². The molecule has 2 aromatic carbocycles. The molecule has 2 atom stereocenters. The Morgan fingerprint density at radius 1 is 1.07 bits per heavy atom. The van der Waals surface area contributed by atoms with Gasteiger partial charge in [0.1, 0.15) is 5.75 Å². The fourth-order valence-corrected chi connectivity index (χ4v) is 3.86. The molecule has 1 aliphatic rings. The minimum absolute atomic E-state index is 0.0248. The number of ether oxygens (including phenoxy) is 1. The summed E-state index contributed by atoms with van der Waals surface area (Å²) in [6, 6.07) is 17.0. The summed E-state index contributed by atoms with van der Waals surface area (Å²) >= 11 is 0. The van der Waals surface area contributed by atoms with Gasteiger partial charge in [0.05, 0.1) is 13.0 Å². The Morgan fingerprint density at radius 2 is 1.76 bits per heavy atom. The highest BCUT2D eigenvalue weighted by atomic mass is 16.5. The molecule has 0 unspecified atom stereocenters. The molecular formula is C24H27NO4. The average Bonchev–Trinajstić information content (AvgIpc) is 2.77. The van der Waals surface area contributed by atoms with Gasteiger partial charge in [-0.3, -0.25) is 9.59 Å². The van der Waals surface area contributed by atoms with Crippen LogP contribution in [0.4, 0.5) is 0 Å². The number of carboxylic acids is 1. The smallest absolute Gasteiger partial charge is 0.306 e. The standard InChI is InChI=1S/C24H27NO4/c1-29-20-13-11-17(12-14-20)15-22(18-7-3-2-4-8-18)23(26)25-16-19-9-5-6-10-21(19)24(27)28/h2-4,7-8,11-15,19,21H,5-6,9-10,16H2,1H3,(H,25,26)(H,27,28)/b22-15+/t19-,21-/m0/s1. The van der Waals surface area contributed by atoms with E-state index in [2.05, 4.69) is 5.32 Å². The molecule has 2 N–H and O–H groups in total. The molecule has 5 nitrogen and oxygen atoms in total. The van der Waals surface area contributed by atoms with Gasteiger partial charge >= 0.3 is 5.97 Å². The van der Waals surface area contributed by atoms with Crippen molar-refractivity contribution in [3.8, 4) is 5.75 Å². The second-order valence-corrected chi connectivity index (χ2v) is 7.40. The van der Waals surface area contributed by atoms with E-state index in [-0.39, 0.29) is 17.7 Å². The summed E-state index contributed by atoms with van der Waals surface area (Å²) in [5.74, 6) is -0.606. The molecule has 0 heterocycles. The zero-order valence-electron chi connectivity index (χ0n) is 16.6. The normalized spacial score (nSPS) is 19.4. The van der Waals surface area contributed by atoms with Crippen LogP contribution in [0.25, 0.3) is 11.6 Å². The average molecular weight is 393 g/mol. The van der Waals surface area contributed by atoms with Crippen molar-refractivity contribution in [1.29, 1.82) is 0 Å². The Morgan fingerprint density at radius 3 is 2.41 bits per heavy atom. The van der Waals surface area contributed by atoms with Crippen molar-refractivity contribution in [2.24, 2.45) is 11.8 Å². The van der Waals surface area contributed by atoms with E-state index in [0.29, 0.717) is 18.5 Å². The second kappa shape index (κ2) is 9.92. The first-order chi connectivity index (χ1) is 14.1. The van der Waals surface area contributed by atoms with Crippen molar-refractivity contribution in [3.05, 3.63) is 65.7 Å². The minimum Gasteiger partial charge on any atom is -0.497 e. The maximum absolute atomic E-state index is 13.0. The van der Waals surface area contributed by atoms with Crippen molar-refractivity contribution in [2.75, 3.05) is 13.7 Å². The highest BCUT2D eigenvalue weighted by Crippen LogP contribution is 2.30. The van der Waals surface area contributed by atoms with Crippen molar-refractivity contribution >= 4 is 23.5 Å². The molecule has 0 aromatic heterocycles. The number of nitrogens with one attached hydrogen (secondary N) is 1. The van der Waals surface area contributed by atoms with Crippen molar-refractivity contribution in [2.45, 2.75) is 25.7 Å². The maximum atomic E-state index is 13.0. The molecule has 0 aliphatic heterocycles. The van der Waals surface area contributed by atoms with E-state index in [1.807, 2.05) is 60.7 Å². The SMILES string of the molecule is COc1ccc(/C=C(/C(=O)NC[C@@H]2CCCC[C@@H]2C(=O)O)c2ccccc2)cc1. The Kier molecular flexibility index (Phi) is 7.06. The van der Waals surface area contributed by atoms with E-state index in [0.717, 1.165) is 36.1 Å². The molecule has 5 heteroatoms. The number of aliphatic carboxylic acids is 1. The van der Waals surface area contributed by atoms with Crippen molar-refractivity contribution in [3.63, 3.8) is 0 Å². The number of hydrogen-bond acceptors (Lipinski definition) is 3. The molecule has 0 bridgehead atoms. The minimum atomic E-state index is -0.763. The first-order valence-corrected chi connectivity index (χ1v) is 10.0. The second-order valence-electron chi connectivity index (χ2n) is 7.40. The van der Waals surface area contributed by atoms with Crippen molar-refractivity contribution in [1.82, 2.24) is 5.32 Å². The predicted octanol–water partition coefficient (Wildman–Crippen LogP) is 4.24. The summed E-state index contributed by atoms with van der Waals surface area (Å²) in [7, 11) is 1.61. The number of carbonyl (C=O) groups is 2. The van der Waals surface area contributed by atoms with E-state index >= 15 is 0 Å². The molecule has 1 amide bonds. The highest BCUT2D eigenvalue weighted by molar-refractivity contribution is 6.24. The van der Waals surface area contributed by atoms with Crippen LogP contribution in [-0.4, -0.2) is 30.6 Å². The van der Waals surface area contributed by atoms with Crippen molar-refractivity contribution < 1.29 is 19.4 Å². The third-order valence-corrected chi connectivity index (χ3v) is 5.51. The topological polar surface area (TPSA) is 75.6 Å². The van der Waals surface area contributed by atoms with Crippen LogP contribution in [0.15, 0.2) is 54.6 Å². The zero-order chi connectivity index (χ0) is 20.6. The Balaban J connectivity index is 1.79. The van der Waals surface area contributed by atoms with Gasteiger partial charge in [-0.05, 0) is 48.1 Å². The van der Waals surface area contributed by atoms with E-state index in [4.69, 9.17) is 4.74 Å². The summed E-state index contributed by atoms with van der Waals surface area (Å²) in [6.45, 7) is 0.378. The Bertz CT molecular complexity index is 858. The number of hydrogen-bond donors (Lipinski definition) is 2. The fourth-order valence-electron chi connectivity index (χ4n) is 3.86. The molecule has 0 spiro atoms. The van der Waals surface area contributed by atoms with Crippen LogP contribution in [0, 0.1) is 11.8 Å². The monoisotopic (exact) mass is 393 g/mol. The largest absolute Gasteiger partial charge is 0.497 e. The summed E-state index contributed by atoms with van der Waals surface area (Å²) in [6.07, 6.45) is 5.31.